The van der Waals surface area contributed by atoms with Crippen LogP contribution in [0.15, 0.2) is 0 Å². The average molecular weight is 354 g/mol. The fourth-order valence-corrected chi connectivity index (χ4v) is 19.6. The molecule has 0 aromatic heterocycles. The lowest BCUT2D eigenvalue weighted by atomic mass is 30.1. The van der Waals surface area contributed by atoms with Crippen LogP contribution in [0.1, 0.15) is 0 Å². The van der Waals surface area contributed by atoms with Crippen LogP contribution in [0.25, 0.3) is 0 Å². The maximum Gasteiger partial charge on any atom is -0.0000366 e. The minimum atomic E-state index is -0.347. The lowest BCUT2D eigenvalue weighted by Gasteiger charge is -1.99. The topological polar surface area (TPSA) is 0 Å². The average Bonchev–Trinajstić information content (AvgIpc) is 1.96. The highest BCUT2D eigenvalue weighted by atomic mass is 34.0. The number of hydrogen-bond acceptors (Lipinski definition) is 11. The fraction of sp³-hybridized carbons (Fsp3) is 0. The maximum atomic E-state index is 4.81. The van der Waals surface area contributed by atoms with Gasteiger partial charge in [-0.3, -0.25) is 7.05 Å². The van der Waals surface area contributed by atoms with E-state index in [4.69, 9.17) is 22.4 Å². The summed E-state index contributed by atoms with van der Waals surface area (Å²) in [7, 11) is 11.0. The molecule has 0 aliphatic rings. The maximum absolute atomic E-state index is 4.81. The Bertz CT molecular complexity index is 121. The minimum absolute atomic E-state index is 0.347. The van der Waals surface area contributed by atoms with Crippen molar-refractivity contribution >= 4 is 110 Å². The third-order valence-electron chi connectivity index (χ3n) is 0.225. The molecular formula is HS11-. The Morgan fingerprint density at radius 3 is 2.00 bits per heavy atom. The van der Waals surface area contributed by atoms with Gasteiger partial charge >= 0.3 is 0 Å². The molecule has 0 heterocycles. The molecule has 0 aliphatic carbocycles. The monoisotopic (exact) mass is 353 g/mol. The van der Waals surface area contributed by atoms with E-state index in [1.165, 1.54) is 9.83 Å². The van der Waals surface area contributed by atoms with Crippen LogP contribution in [0.4, 0.5) is 0 Å². The zero-order valence-corrected chi connectivity index (χ0v) is 13.6. The van der Waals surface area contributed by atoms with Crippen LogP contribution in [0.2, 0.25) is 0 Å². The van der Waals surface area contributed by atoms with Crippen molar-refractivity contribution in [2.24, 2.45) is 0 Å². The summed E-state index contributed by atoms with van der Waals surface area (Å²) in [5.74, 6) is 0. The SMILES string of the molecule is S=[S-](=S)SSSSSSSS. The predicted octanol–water partition coefficient (Wildman–Crippen LogP) is 4.91. The van der Waals surface area contributed by atoms with Gasteiger partial charge in [0.15, 0.2) is 0 Å². The van der Waals surface area contributed by atoms with Gasteiger partial charge in [0, 0.05) is 0 Å². The number of thiol groups is 1. The van der Waals surface area contributed by atoms with Crippen LogP contribution in [0, 0.1) is 0 Å². The zero-order chi connectivity index (χ0) is 8.53. The van der Waals surface area contributed by atoms with Crippen molar-refractivity contribution in [3.05, 3.63) is 0 Å². The number of hydrogen-bond donors (Lipinski definition) is 1. The molecule has 0 rings (SSSR count). The Hall–Kier alpha value is 3.59. The first kappa shape index (κ1) is 14.6. The third-order valence-corrected chi connectivity index (χ3v) is 18.2. The smallest absolute Gasteiger partial charge is 0.0000366 e. The Labute approximate surface area is 108 Å². The molecule has 11 heteroatoms. The Kier molecular flexibility index (Phi) is 15.5. The van der Waals surface area contributed by atoms with Gasteiger partial charge in [-0.05, 0) is 59.0 Å². The highest BCUT2D eigenvalue weighted by molar-refractivity contribution is 9.50. The van der Waals surface area contributed by atoms with E-state index < -0.39 is 0 Å². The Morgan fingerprint density at radius 1 is 0.909 bits per heavy atom. The van der Waals surface area contributed by atoms with Gasteiger partial charge in [0.25, 0.3) is 0 Å². The molecule has 0 radical (unpaired) electrons. The van der Waals surface area contributed by atoms with E-state index in [1.807, 2.05) is 0 Å². The van der Waals surface area contributed by atoms with Crippen LogP contribution in [0.5, 0.6) is 0 Å². The first-order valence-corrected chi connectivity index (χ1v) is 15.1. The summed E-state index contributed by atoms with van der Waals surface area (Å²) in [6, 6.07) is 0. The second-order valence-corrected chi connectivity index (χ2v) is 18.5. The van der Waals surface area contributed by atoms with Gasteiger partial charge in [-0.15, -0.1) is 0 Å². The van der Waals surface area contributed by atoms with Gasteiger partial charge in [0.2, 0.25) is 0 Å². The van der Waals surface area contributed by atoms with Crippen molar-refractivity contribution in [3.8, 4) is 0 Å². The van der Waals surface area contributed by atoms with Crippen molar-refractivity contribution in [2.45, 2.75) is 0 Å². The molecule has 0 aromatic rings. The van der Waals surface area contributed by atoms with Crippen LogP contribution in [-0.2, 0) is 29.4 Å². The lowest BCUT2D eigenvalue weighted by molar-refractivity contribution is 5.65. The van der Waals surface area contributed by atoms with Gasteiger partial charge in [-0.2, -0.15) is 9.83 Å². The minimum Gasteiger partial charge on any atom is -0.282 e. The summed E-state index contributed by atoms with van der Waals surface area (Å²) >= 11 is 13.6. The number of rotatable bonds is 7. The predicted molar refractivity (Wildman–Crippen MR) is 84.2 cm³/mol. The molecule has 0 unspecified atom stereocenters. The van der Waals surface area contributed by atoms with Crippen molar-refractivity contribution in [1.82, 2.24) is 0 Å². The van der Waals surface area contributed by atoms with E-state index in [2.05, 4.69) is 11.7 Å². The molecule has 0 aromatic carbocycles. The summed E-state index contributed by atoms with van der Waals surface area (Å²) in [5.41, 5.74) is 0. The van der Waals surface area contributed by atoms with E-state index >= 15 is 0 Å². The fourth-order valence-electron chi connectivity index (χ4n) is 0.0805. The van der Waals surface area contributed by atoms with E-state index in [0.717, 1.165) is 0 Å². The molecule has 0 spiro atoms. The van der Waals surface area contributed by atoms with E-state index in [9.17, 15) is 0 Å². The van der Waals surface area contributed by atoms with E-state index in [-0.39, 0.29) is 7.05 Å². The third kappa shape index (κ3) is 13.6. The molecular weight excluding hydrogens is 353 g/mol. The summed E-state index contributed by atoms with van der Waals surface area (Å²) in [6.45, 7) is 0. The van der Waals surface area contributed by atoms with E-state index in [0.29, 0.717) is 0 Å². The summed E-state index contributed by atoms with van der Waals surface area (Å²) in [4.78, 5) is 0. The molecule has 0 atom stereocenters. The second-order valence-electron chi connectivity index (χ2n) is 0.687. The van der Waals surface area contributed by atoms with Crippen LogP contribution >= 0.6 is 80.4 Å². The quantitative estimate of drug-likeness (QED) is 0.291. The van der Waals surface area contributed by atoms with E-state index in [1.54, 1.807) is 59.0 Å². The summed E-state index contributed by atoms with van der Waals surface area (Å²) in [5, 5.41) is 0. The van der Waals surface area contributed by atoms with Crippen molar-refractivity contribution < 1.29 is 0 Å². The zero-order valence-electron chi connectivity index (χ0n) is 4.53. The Balaban J connectivity index is 2.90. The highest BCUT2D eigenvalue weighted by Crippen LogP contribution is 2.55. The molecule has 0 bridgehead atoms. The van der Waals surface area contributed by atoms with Gasteiger partial charge in [-0.1, -0.05) is 11.7 Å². The van der Waals surface area contributed by atoms with Crippen LogP contribution in [-0.4, -0.2) is 0 Å². The summed E-state index contributed by atoms with van der Waals surface area (Å²) < 4.78 is 0. The van der Waals surface area contributed by atoms with Gasteiger partial charge in [0.1, 0.15) is 0 Å². The molecule has 0 fully saturated rings. The first-order chi connectivity index (χ1) is 5.27. The van der Waals surface area contributed by atoms with Crippen LogP contribution < -0.4 is 0 Å². The second kappa shape index (κ2) is 11.7. The Morgan fingerprint density at radius 2 is 1.45 bits per heavy atom. The molecule has 0 saturated heterocycles. The molecule has 0 nitrogen and oxygen atoms in total. The van der Waals surface area contributed by atoms with Gasteiger partial charge in [0.05, 0.1) is 0 Å². The molecule has 0 N–H and O–H groups in total. The molecule has 11 heavy (non-hydrogen) atoms. The van der Waals surface area contributed by atoms with Crippen LogP contribution in [0.3, 0.4) is 0 Å². The van der Waals surface area contributed by atoms with Crippen molar-refractivity contribution in [3.63, 3.8) is 0 Å². The normalized spacial score (nSPS) is 10.7. The van der Waals surface area contributed by atoms with Crippen molar-refractivity contribution in [1.29, 1.82) is 0 Å². The molecule has 0 saturated carbocycles. The molecule has 0 aliphatic heterocycles. The van der Waals surface area contributed by atoms with Crippen molar-refractivity contribution in [2.75, 3.05) is 0 Å². The first-order valence-electron chi connectivity index (χ1n) is 1.68. The van der Waals surface area contributed by atoms with Gasteiger partial charge in [-0.25, -0.2) is 22.4 Å². The standard InChI is InChI=1S/HS11/c1-4-5-6-7-8-9-10-11(2)3/h1H/q-1. The molecule has 68 valence electrons. The lowest BCUT2D eigenvalue weighted by Crippen LogP contribution is -1.44. The largest absolute Gasteiger partial charge is 0.282 e. The highest BCUT2D eigenvalue weighted by Gasteiger charge is 1.89. The van der Waals surface area contributed by atoms with Gasteiger partial charge < -0.3 is 0 Å². The molecule has 0 amide bonds. The summed E-state index contributed by atoms with van der Waals surface area (Å²) in [6.07, 6.45) is 0.